The van der Waals surface area contributed by atoms with Crippen LogP contribution in [-0.2, 0) is 12.1 Å². The molecular formula is C13H16FNO. The molecule has 1 heterocycles. The van der Waals surface area contributed by atoms with Crippen LogP contribution in [0.5, 0.6) is 5.75 Å². The maximum absolute atomic E-state index is 14.6. The molecule has 2 nitrogen and oxygen atoms in total. The van der Waals surface area contributed by atoms with Crippen LogP contribution in [0.4, 0.5) is 4.39 Å². The van der Waals surface area contributed by atoms with Crippen molar-refractivity contribution in [1.29, 1.82) is 0 Å². The van der Waals surface area contributed by atoms with Crippen molar-refractivity contribution in [2.75, 3.05) is 6.61 Å². The molecule has 2 N–H and O–H groups in total. The number of alkyl halides is 1. The Labute approximate surface area is 94.6 Å². The first-order valence-corrected chi connectivity index (χ1v) is 5.88. The van der Waals surface area contributed by atoms with Gasteiger partial charge < -0.3 is 10.5 Å². The van der Waals surface area contributed by atoms with Crippen LogP contribution in [0.1, 0.15) is 30.4 Å². The molecule has 1 aliphatic carbocycles. The van der Waals surface area contributed by atoms with E-state index in [-0.39, 0.29) is 6.04 Å². The minimum absolute atomic E-state index is 0.00880. The molecule has 0 bridgehead atoms. The van der Waals surface area contributed by atoms with E-state index in [2.05, 4.69) is 0 Å². The Morgan fingerprint density at radius 2 is 2.31 bits per heavy atom. The van der Waals surface area contributed by atoms with Gasteiger partial charge in [-0.3, -0.25) is 0 Å². The summed E-state index contributed by atoms with van der Waals surface area (Å²) in [5.41, 5.74) is 6.50. The molecule has 0 radical (unpaired) electrons. The molecule has 0 spiro atoms. The van der Waals surface area contributed by atoms with E-state index in [1.807, 2.05) is 18.2 Å². The second-order valence-corrected chi connectivity index (χ2v) is 4.89. The van der Waals surface area contributed by atoms with Crippen LogP contribution < -0.4 is 10.5 Å². The number of fused-ring (bicyclic) bond motifs is 1. The second kappa shape index (κ2) is 3.45. The first-order chi connectivity index (χ1) is 7.67. The highest BCUT2D eigenvalue weighted by Crippen LogP contribution is 2.43. The molecule has 16 heavy (non-hydrogen) atoms. The quantitative estimate of drug-likeness (QED) is 0.789. The van der Waals surface area contributed by atoms with Crippen LogP contribution >= 0.6 is 0 Å². The van der Waals surface area contributed by atoms with E-state index in [1.165, 1.54) is 0 Å². The summed E-state index contributed by atoms with van der Waals surface area (Å²) >= 11 is 0. The largest absolute Gasteiger partial charge is 0.493 e. The van der Waals surface area contributed by atoms with Crippen LogP contribution in [0.25, 0.3) is 0 Å². The number of rotatable bonds is 1. The standard InChI is InChI=1S/C13H16FNO/c14-13(5-3-11(15)8-13)10-1-2-12-9(7-10)4-6-16-12/h1-2,7,11H,3-6,8,15H2. The number of hydrogen-bond donors (Lipinski definition) is 1. The van der Waals surface area contributed by atoms with E-state index in [0.29, 0.717) is 12.8 Å². The van der Waals surface area contributed by atoms with E-state index in [1.54, 1.807) is 0 Å². The van der Waals surface area contributed by atoms with Crippen molar-refractivity contribution < 1.29 is 9.13 Å². The van der Waals surface area contributed by atoms with Crippen molar-refractivity contribution in [2.24, 2.45) is 5.73 Å². The minimum Gasteiger partial charge on any atom is -0.493 e. The molecule has 0 aromatic heterocycles. The smallest absolute Gasteiger partial charge is 0.137 e. The zero-order chi connectivity index (χ0) is 11.2. The Kier molecular flexibility index (Phi) is 2.18. The molecule has 0 amide bonds. The summed E-state index contributed by atoms with van der Waals surface area (Å²) in [6, 6.07) is 5.71. The number of nitrogens with two attached hydrogens (primary N) is 1. The van der Waals surface area contributed by atoms with E-state index in [0.717, 1.165) is 36.3 Å². The summed E-state index contributed by atoms with van der Waals surface area (Å²) in [7, 11) is 0. The van der Waals surface area contributed by atoms with Gasteiger partial charge in [-0.15, -0.1) is 0 Å². The predicted octanol–water partition coefficient (Wildman–Crippen LogP) is 2.30. The number of benzene rings is 1. The maximum Gasteiger partial charge on any atom is 0.137 e. The number of hydrogen-bond acceptors (Lipinski definition) is 2. The first-order valence-electron chi connectivity index (χ1n) is 5.88. The molecule has 0 saturated heterocycles. The summed E-state index contributed by atoms with van der Waals surface area (Å²) in [5.74, 6) is 0.912. The van der Waals surface area contributed by atoms with Gasteiger partial charge in [0, 0.05) is 18.9 Å². The molecule has 1 saturated carbocycles. The lowest BCUT2D eigenvalue weighted by Crippen LogP contribution is -2.21. The van der Waals surface area contributed by atoms with E-state index in [4.69, 9.17) is 10.5 Å². The Balaban J connectivity index is 1.95. The average molecular weight is 221 g/mol. The van der Waals surface area contributed by atoms with Gasteiger partial charge in [0.2, 0.25) is 0 Å². The van der Waals surface area contributed by atoms with Gasteiger partial charge in [-0.1, -0.05) is 6.07 Å². The fraction of sp³-hybridized carbons (Fsp3) is 0.538. The van der Waals surface area contributed by atoms with Crippen LogP contribution in [0.3, 0.4) is 0 Å². The second-order valence-electron chi connectivity index (χ2n) is 4.89. The van der Waals surface area contributed by atoms with Crippen molar-refractivity contribution in [2.45, 2.75) is 37.4 Å². The van der Waals surface area contributed by atoms with Gasteiger partial charge in [0.1, 0.15) is 11.4 Å². The third kappa shape index (κ3) is 1.50. The third-order valence-electron chi connectivity index (χ3n) is 3.70. The van der Waals surface area contributed by atoms with Crippen molar-refractivity contribution in [3.63, 3.8) is 0 Å². The molecule has 3 heteroatoms. The van der Waals surface area contributed by atoms with E-state index < -0.39 is 5.67 Å². The fourth-order valence-corrected chi connectivity index (χ4v) is 2.76. The lowest BCUT2D eigenvalue weighted by Gasteiger charge is -2.20. The zero-order valence-electron chi connectivity index (χ0n) is 9.21. The van der Waals surface area contributed by atoms with Crippen molar-refractivity contribution in [3.8, 4) is 5.75 Å². The van der Waals surface area contributed by atoms with Crippen LogP contribution in [0.2, 0.25) is 0 Å². The highest BCUT2D eigenvalue weighted by molar-refractivity contribution is 5.42. The Morgan fingerprint density at radius 1 is 1.44 bits per heavy atom. The topological polar surface area (TPSA) is 35.2 Å². The third-order valence-corrected chi connectivity index (χ3v) is 3.70. The van der Waals surface area contributed by atoms with Crippen molar-refractivity contribution in [3.05, 3.63) is 29.3 Å². The van der Waals surface area contributed by atoms with Gasteiger partial charge in [-0.2, -0.15) is 0 Å². The van der Waals surface area contributed by atoms with Gasteiger partial charge in [-0.25, -0.2) is 4.39 Å². The molecule has 1 fully saturated rings. The molecule has 3 rings (SSSR count). The van der Waals surface area contributed by atoms with E-state index >= 15 is 0 Å². The van der Waals surface area contributed by atoms with Gasteiger partial charge in [-0.05, 0) is 36.1 Å². The molecule has 1 aliphatic heterocycles. The summed E-state index contributed by atoms with van der Waals surface area (Å²) in [6.45, 7) is 0.720. The molecular weight excluding hydrogens is 205 g/mol. The lowest BCUT2D eigenvalue weighted by atomic mass is 9.92. The highest BCUT2D eigenvalue weighted by atomic mass is 19.1. The monoisotopic (exact) mass is 221 g/mol. The van der Waals surface area contributed by atoms with Crippen LogP contribution in [-0.4, -0.2) is 12.6 Å². The highest BCUT2D eigenvalue weighted by Gasteiger charge is 2.39. The van der Waals surface area contributed by atoms with Gasteiger partial charge in [0.25, 0.3) is 0 Å². The Hall–Kier alpha value is -1.09. The fourth-order valence-electron chi connectivity index (χ4n) is 2.76. The van der Waals surface area contributed by atoms with Crippen molar-refractivity contribution >= 4 is 0 Å². The maximum atomic E-state index is 14.6. The predicted molar refractivity (Wildman–Crippen MR) is 60.3 cm³/mol. The van der Waals surface area contributed by atoms with Gasteiger partial charge in [0.05, 0.1) is 6.61 Å². The van der Waals surface area contributed by atoms with Crippen LogP contribution in [0.15, 0.2) is 18.2 Å². The lowest BCUT2D eigenvalue weighted by molar-refractivity contribution is 0.172. The van der Waals surface area contributed by atoms with Crippen LogP contribution in [0, 0.1) is 0 Å². The molecule has 2 aliphatic rings. The van der Waals surface area contributed by atoms with Gasteiger partial charge in [0.15, 0.2) is 0 Å². The van der Waals surface area contributed by atoms with E-state index in [9.17, 15) is 4.39 Å². The Bertz CT molecular complexity index is 420. The Morgan fingerprint density at radius 3 is 3.06 bits per heavy atom. The van der Waals surface area contributed by atoms with Gasteiger partial charge >= 0.3 is 0 Å². The summed E-state index contributed by atoms with van der Waals surface area (Å²) < 4.78 is 20.1. The summed E-state index contributed by atoms with van der Waals surface area (Å²) in [4.78, 5) is 0. The normalized spacial score (nSPS) is 32.5. The summed E-state index contributed by atoms with van der Waals surface area (Å²) in [5, 5.41) is 0. The first kappa shape index (κ1) is 10.1. The zero-order valence-corrected chi connectivity index (χ0v) is 9.21. The summed E-state index contributed by atoms with van der Waals surface area (Å²) in [6.07, 6.45) is 2.68. The molecule has 2 unspecified atom stereocenters. The number of ether oxygens (including phenoxy) is 1. The molecule has 1 aromatic carbocycles. The molecule has 1 aromatic rings. The number of halogens is 1. The molecule has 2 atom stereocenters. The minimum atomic E-state index is -1.21. The average Bonchev–Trinajstić information content (AvgIpc) is 2.84. The SMILES string of the molecule is NC1CCC(F)(c2ccc3c(c2)CCO3)C1. The molecule has 86 valence electrons. The van der Waals surface area contributed by atoms with Crippen molar-refractivity contribution in [1.82, 2.24) is 0 Å².